The third-order valence-corrected chi connectivity index (χ3v) is 8.14. The Morgan fingerprint density at radius 3 is 2.11 bits per heavy atom. The lowest BCUT2D eigenvalue weighted by Gasteiger charge is -2.28. The van der Waals surface area contributed by atoms with Gasteiger partial charge < -0.3 is 4.74 Å². The van der Waals surface area contributed by atoms with Gasteiger partial charge in [-0.15, -0.1) is 0 Å². The van der Waals surface area contributed by atoms with Crippen molar-refractivity contribution in [2.75, 3.05) is 0 Å². The fraction of sp³-hybridized carbons (Fsp3) is 0.361. The molecule has 38 heavy (non-hydrogen) atoms. The fourth-order valence-corrected chi connectivity index (χ4v) is 6.58. The van der Waals surface area contributed by atoms with Crippen LogP contribution < -0.4 is 9.30 Å². The fourth-order valence-electron chi connectivity index (χ4n) is 6.58. The predicted octanol–water partition coefficient (Wildman–Crippen LogP) is 9.54. The summed E-state index contributed by atoms with van der Waals surface area (Å²) >= 11 is 0. The first kappa shape index (κ1) is 24.9. The number of rotatable bonds is 2. The average molecular weight is 503 g/mol. The molecule has 0 unspecified atom stereocenters. The number of pyridine rings is 1. The summed E-state index contributed by atoms with van der Waals surface area (Å²) in [5.74, 6) is 2.01. The number of benzene rings is 4. The van der Waals surface area contributed by atoms with Crippen LogP contribution in [0.25, 0.3) is 43.6 Å². The summed E-state index contributed by atoms with van der Waals surface area (Å²) < 4.78 is 9.32. The van der Waals surface area contributed by atoms with E-state index in [0.717, 1.165) is 24.3 Å². The molecule has 0 saturated heterocycles. The lowest BCUT2D eigenvalue weighted by atomic mass is 9.81. The molecule has 0 spiro atoms. The quantitative estimate of drug-likeness (QED) is 0.170. The van der Waals surface area contributed by atoms with E-state index < -0.39 is 0 Å². The van der Waals surface area contributed by atoms with E-state index in [9.17, 15) is 0 Å². The summed E-state index contributed by atoms with van der Waals surface area (Å²) in [5.41, 5.74) is 8.30. The molecule has 2 nitrogen and oxygen atoms in total. The lowest BCUT2D eigenvalue weighted by molar-refractivity contribution is -0.659. The molecule has 4 aromatic carbocycles. The van der Waals surface area contributed by atoms with Crippen LogP contribution in [0.1, 0.15) is 63.8 Å². The Bertz CT molecular complexity index is 1780. The van der Waals surface area contributed by atoms with E-state index in [2.05, 4.69) is 122 Å². The van der Waals surface area contributed by atoms with Crippen LogP contribution in [0.2, 0.25) is 0 Å². The smallest absolute Gasteiger partial charge is 0.228 e. The predicted molar refractivity (Wildman–Crippen MR) is 161 cm³/mol. The first-order valence-electron chi connectivity index (χ1n) is 13.9. The van der Waals surface area contributed by atoms with E-state index in [4.69, 9.17) is 4.74 Å². The molecule has 0 N–H and O–H groups in total. The molecule has 2 heterocycles. The van der Waals surface area contributed by atoms with Crippen LogP contribution in [0.4, 0.5) is 0 Å². The lowest BCUT2D eigenvalue weighted by Crippen LogP contribution is -2.32. The summed E-state index contributed by atoms with van der Waals surface area (Å²) in [6, 6.07) is 18.1. The van der Waals surface area contributed by atoms with E-state index in [-0.39, 0.29) is 10.8 Å². The van der Waals surface area contributed by atoms with Crippen LogP contribution in [-0.2, 0) is 19.9 Å². The van der Waals surface area contributed by atoms with Gasteiger partial charge in [-0.05, 0) is 81.8 Å². The van der Waals surface area contributed by atoms with Gasteiger partial charge in [-0.3, -0.25) is 0 Å². The van der Waals surface area contributed by atoms with Crippen molar-refractivity contribution in [3.05, 3.63) is 77.0 Å². The Labute approximate surface area is 227 Å². The Kier molecular flexibility index (Phi) is 5.44. The molecule has 0 bridgehead atoms. The van der Waals surface area contributed by atoms with Crippen molar-refractivity contribution in [2.45, 2.75) is 68.2 Å². The van der Waals surface area contributed by atoms with E-state index in [1.54, 1.807) is 0 Å². The van der Waals surface area contributed by atoms with Crippen LogP contribution in [0, 0.1) is 24.7 Å². The summed E-state index contributed by atoms with van der Waals surface area (Å²) in [4.78, 5) is 0. The van der Waals surface area contributed by atoms with Gasteiger partial charge in [0.1, 0.15) is 18.5 Å². The number of aryl methyl sites for hydroxylation is 3. The number of hydrogen-bond acceptors (Lipinski definition) is 1. The second-order valence-electron chi connectivity index (χ2n) is 13.8. The molecule has 0 fully saturated rings. The van der Waals surface area contributed by atoms with Gasteiger partial charge in [-0.1, -0.05) is 77.9 Å². The summed E-state index contributed by atoms with van der Waals surface area (Å²) in [7, 11) is 2.18. The molecular weight excluding hydrogens is 462 g/mol. The van der Waals surface area contributed by atoms with Crippen LogP contribution in [0.3, 0.4) is 0 Å². The zero-order valence-corrected chi connectivity index (χ0v) is 24.5. The summed E-state index contributed by atoms with van der Waals surface area (Å²) in [5, 5.41) is 7.74. The van der Waals surface area contributed by atoms with Gasteiger partial charge in [0.2, 0.25) is 5.69 Å². The highest BCUT2D eigenvalue weighted by atomic mass is 16.5. The average Bonchev–Trinajstić information content (AvgIpc) is 2.83. The molecule has 0 saturated carbocycles. The van der Waals surface area contributed by atoms with Gasteiger partial charge >= 0.3 is 0 Å². The van der Waals surface area contributed by atoms with Crippen molar-refractivity contribution in [3.8, 4) is 22.8 Å². The van der Waals surface area contributed by atoms with Gasteiger partial charge in [0.05, 0.1) is 10.9 Å². The van der Waals surface area contributed by atoms with Crippen LogP contribution in [-0.4, -0.2) is 0 Å². The van der Waals surface area contributed by atoms with Crippen molar-refractivity contribution >= 4 is 32.3 Å². The molecule has 0 amide bonds. The van der Waals surface area contributed by atoms with Crippen LogP contribution >= 0.6 is 0 Å². The highest BCUT2D eigenvalue weighted by molar-refractivity contribution is 6.17. The number of hydrogen-bond donors (Lipinski definition) is 0. The second-order valence-corrected chi connectivity index (χ2v) is 13.8. The van der Waals surface area contributed by atoms with E-state index >= 15 is 0 Å². The molecule has 0 aliphatic carbocycles. The van der Waals surface area contributed by atoms with Gasteiger partial charge in [0.15, 0.2) is 6.20 Å². The van der Waals surface area contributed by atoms with Crippen molar-refractivity contribution in [1.82, 2.24) is 0 Å². The van der Waals surface area contributed by atoms with E-state index in [0.29, 0.717) is 0 Å². The highest BCUT2D eigenvalue weighted by Gasteiger charge is 2.34. The molecule has 1 aliphatic rings. The Hall–Kier alpha value is -3.39. The maximum absolute atomic E-state index is 7.02. The normalized spacial score (nSPS) is 13.3. The SMILES string of the molecule is Cc1c2c(c(CC(C)(C)C)c3ccccc13)Oc1cc3ccc(CC(C)(C)C)c(C)c3c3cc[n+](C)c-2c13. The Morgan fingerprint density at radius 1 is 0.737 bits per heavy atom. The minimum Gasteiger partial charge on any atom is -0.455 e. The molecule has 1 aliphatic heterocycles. The number of fused-ring (bicyclic) bond motifs is 5. The first-order valence-corrected chi connectivity index (χ1v) is 13.9. The van der Waals surface area contributed by atoms with Crippen LogP contribution in [0.15, 0.2) is 54.7 Å². The second kappa shape index (κ2) is 8.30. The maximum Gasteiger partial charge on any atom is 0.228 e. The third-order valence-electron chi connectivity index (χ3n) is 8.14. The molecule has 5 aromatic rings. The Balaban J connectivity index is 1.75. The minimum absolute atomic E-state index is 0.133. The van der Waals surface area contributed by atoms with Crippen molar-refractivity contribution < 1.29 is 9.30 Å². The maximum atomic E-state index is 7.02. The topological polar surface area (TPSA) is 13.1 Å². The molecule has 2 heteroatoms. The first-order chi connectivity index (χ1) is 17.8. The van der Waals surface area contributed by atoms with E-state index in [1.165, 1.54) is 65.8 Å². The van der Waals surface area contributed by atoms with Crippen LogP contribution in [0.5, 0.6) is 11.5 Å². The summed E-state index contributed by atoms with van der Waals surface area (Å²) in [6.07, 6.45) is 4.25. The Morgan fingerprint density at radius 2 is 1.42 bits per heavy atom. The van der Waals surface area contributed by atoms with Gasteiger partial charge in [-0.25, -0.2) is 4.57 Å². The van der Waals surface area contributed by atoms with Gasteiger partial charge in [0, 0.05) is 17.0 Å². The van der Waals surface area contributed by atoms with Crippen molar-refractivity contribution in [3.63, 3.8) is 0 Å². The zero-order valence-electron chi connectivity index (χ0n) is 24.5. The molecule has 6 rings (SSSR count). The number of ether oxygens (including phenoxy) is 1. The molecular formula is C36H40NO+. The summed E-state index contributed by atoms with van der Waals surface area (Å²) in [6.45, 7) is 18.5. The highest BCUT2D eigenvalue weighted by Crippen LogP contribution is 2.53. The number of aromatic nitrogens is 1. The number of nitrogens with zero attached hydrogens (tertiary/aromatic N) is 1. The van der Waals surface area contributed by atoms with Gasteiger partial charge in [-0.2, -0.15) is 0 Å². The van der Waals surface area contributed by atoms with Crippen molar-refractivity contribution in [2.24, 2.45) is 17.9 Å². The van der Waals surface area contributed by atoms with Crippen molar-refractivity contribution in [1.29, 1.82) is 0 Å². The molecule has 0 radical (unpaired) electrons. The molecule has 0 atom stereocenters. The standard InChI is InChI=1S/C36H40NO/c1-21-24(19-35(3,4)5)15-14-23-18-29-32-27(30(21)23)16-17-37(9)33(32)31-22(2)25-12-10-11-13-26(25)28(34(31)38-29)20-36(6,7)8/h10-18H,19-20H2,1-9H3/q+1. The third kappa shape index (κ3) is 3.88. The molecule has 194 valence electrons. The van der Waals surface area contributed by atoms with Gasteiger partial charge in [0.25, 0.3) is 0 Å². The minimum atomic E-state index is 0.133. The van der Waals surface area contributed by atoms with E-state index in [1.807, 2.05) is 0 Å². The molecule has 1 aromatic heterocycles. The monoisotopic (exact) mass is 502 g/mol. The largest absolute Gasteiger partial charge is 0.455 e. The zero-order chi connectivity index (χ0) is 27.1.